The fourth-order valence-corrected chi connectivity index (χ4v) is 4.14. The molecule has 0 atom stereocenters. The van der Waals surface area contributed by atoms with Crippen molar-refractivity contribution >= 4 is 26.1 Å². The molecule has 2 rings (SSSR count). The van der Waals surface area contributed by atoms with Gasteiger partial charge in [-0.05, 0) is 18.8 Å². The third-order valence-electron chi connectivity index (χ3n) is 2.86. The zero-order chi connectivity index (χ0) is 10.2. The Hall–Kier alpha value is 0.350. The lowest BCUT2D eigenvalue weighted by atomic mass is 10.1. The third kappa shape index (κ3) is 1.85. The lowest BCUT2D eigenvalue weighted by molar-refractivity contribution is 0.208. The molecule has 0 unspecified atom stereocenters. The first-order chi connectivity index (χ1) is 6.64. The van der Waals surface area contributed by atoms with Crippen molar-refractivity contribution in [2.45, 2.75) is 12.8 Å². The maximum atomic E-state index is 11.9. The van der Waals surface area contributed by atoms with Crippen molar-refractivity contribution in [1.29, 1.82) is 0 Å². The molecule has 4 nitrogen and oxygen atoms in total. The molecule has 0 spiro atoms. The van der Waals surface area contributed by atoms with Crippen LogP contribution in [0.25, 0.3) is 0 Å². The summed E-state index contributed by atoms with van der Waals surface area (Å²) in [6.07, 6.45) is 2.02. The average molecular weight is 283 g/mol. The van der Waals surface area contributed by atoms with E-state index >= 15 is 0 Å². The van der Waals surface area contributed by atoms with Gasteiger partial charge in [0, 0.05) is 31.5 Å². The van der Waals surface area contributed by atoms with Gasteiger partial charge in [0.15, 0.2) is 0 Å². The second-order valence-corrected chi connectivity index (χ2v) is 6.53. The maximum Gasteiger partial charge on any atom is 0.281 e. The molecule has 14 heavy (non-hydrogen) atoms. The van der Waals surface area contributed by atoms with Crippen molar-refractivity contribution in [3.8, 4) is 0 Å². The van der Waals surface area contributed by atoms with Crippen LogP contribution in [0.15, 0.2) is 0 Å². The Balaban J connectivity index is 1.96. The average Bonchev–Trinajstić information content (AvgIpc) is 2.53. The number of rotatable bonds is 3. The number of hydrogen-bond donors (Lipinski definition) is 0. The van der Waals surface area contributed by atoms with Gasteiger partial charge in [0.1, 0.15) is 0 Å². The van der Waals surface area contributed by atoms with Gasteiger partial charge in [-0.1, -0.05) is 15.9 Å². The maximum absolute atomic E-state index is 11.9. The van der Waals surface area contributed by atoms with Gasteiger partial charge < -0.3 is 0 Å². The largest absolute Gasteiger partial charge is 0.281 e. The Morgan fingerprint density at radius 3 is 2.21 bits per heavy atom. The van der Waals surface area contributed by atoms with Crippen LogP contribution in [0.1, 0.15) is 12.8 Å². The van der Waals surface area contributed by atoms with E-state index in [9.17, 15) is 8.42 Å². The van der Waals surface area contributed by atoms with Gasteiger partial charge in [-0.25, -0.2) is 0 Å². The fourth-order valence-electron chi connectivity index (χ4n) is 1.89. The summed E-state index contributed by atoms with van der Waals surface area (Å²) in [4.78, 5) is 0. The topological polar surface area (TPSA) is 40.6 Å². The molecule has 2 saturated heterocycles. The van der Waals surface area contributed by atoms with E-state index in [4.69, 9.17) is 0 Å². The van der Waals surface area contributed by atoms with Gasteiger partial charge in [0.25, 0.3) is 10.2 Å². The van der Waals surface area contributed by atoms with Crippen LogP contribution < -0.4 is 0 Å². The van der Waals surface area contributed by atoms with Crippen LogP contribution in [-0.2, 0) is 10.2 Å². The summed E-state index contributed by atoms with van der Waals surface area (Å²) in [5, 5.41) is 0.902. The molecule has 0 aromatic heterocycles. The van der Waals surface area contributed by atoms with Gasteiger partial charge in [0.05, 0.1) is 0 Å². The SMILES string of the molecule is O=S(=O)(N1CCCC1)N1CC(CBr)C1. The van der Waals surface area contributed by atoms with Crippen LogP contribution in [0.5, 0.6) is 0 Å². The number of halogens is 1. The molecule has 0 aromatic carbocycles. The van der Waals surface area contributed by atoms with Gasteiger partial charge >= 0.3 is 0 Å². The van der Waals surface area contributed by atoms with Crippen LogP contribution >= 0.6 is 15.9 Å². The zero-order valence-corrected chi connectivity index (χ0v) is 10.4. The highest BCUT2D eigenvalue weighted by molar-refractivity contribution is 9.09. The second-order valence-electron chi connectivity index (χ2n) is 3.95. The van der Waals surface area contributed by atoms with E-state index in [0.717, 1.165) is 18.2 Å². The molecule has 82 valence electrons. The Labute approximate surface area is 93.6 Å². The molecule has 0 N–H and O–H groups in total. The van der Waals surface area contributed by atoms with Crippen molar-refractivity contribution < 1.29 is 8.42 Å². The molecule has 0 aromatic rings. The van der Waals surface area contributed by atoms with Crippen molar-refractivity contribution in [3.05, 3.63) is 0 Å². The molecule has 2 aliphatic rings. The standard InChI is InChI=1S/C8H15BrN2O2S/c9-5-8-6-11(7-8)14(12,13)10-3-1-2-4-10/h8H,1-7H2. The summed E-state index contributed by atoms with van der Waals surface area (Å²) in [6, 6.07) is 0. The van der Waals surface area contributed by atoms with E-state index in [0.29, 0.717) is 32.1 Å². The van der Waals surface area contributed by atoms with Gasteiger partial charge in [-0.3, -0.25) is 0 Å². The fraction of sp³-hybridized carbons (Fsp3) is 1.00. The highest BCUT2D eigenvalue weighted by Gasteiger charge is 2.39. The first kappa shape index (κ1) is 10.9. The van der Waals surface area contributed by atoms with Crippen molar-refractivity contribution in [2.24, 2.45) is 5.92 Å². The zero-order valence-electron chi connectivity index (χ0n) is 8.02. The molecular formula is C8H15BrN2O2S. The lowest BCUT2D eigenvalue weighted by Crippen LogP contribution is -2.55. The molecule has 0 bridgehead atoms. The van der Waals surface area contributed by atoms with Crippen molar-refractivity contribution in [1.82, 2.24) is 8.61 Å². The van der Waals surface area contributed by atoms with E-state index in [2.05, 4.69) is 15.9 Å². The quantitative estimate of drug-likeness (QED) is 0.714. The minimum absolute atomic E-state index is 0.507. The first-order valence-corrected chi connectivity index (χ1v) is 7.47. The summed E-state index contributed by atoms with van der Waals surface area (Å²) in [5.41, 5.74) is 0. The molecule has 0 radical (unpaired) electrons. The van der Waals surface area contributed by atoms with E-state index in [-0.39, 0.29) is 0 Å². The Morgan fingerprint density at radius 2 is 1.71 bits per heavy atom. The molecule has 0 amide bonds. The van der Waals surface area contributed by atoms with Gasteiger partial charge in [0.2, 0.25) is 0 Å². The highest BCUT2D eigenvalue weighted by atomic mass is 79.9. The summed E-state index contributed by atoms with van der Waals surface area (Å²) in [6.45, 7) is 2.78. The van der Waals surface area contributed by atoms with Crippen molar-refractivity contribution in [3.63, 3.8) is 0 Å². The molecule has 0 saturated carbocycles. The molecular weight excluding hydrogens is 268 g/mol. The van der Waals surface area contributed by atoms with Crippen LogP contribution in [0, 0.1) is 5.92 Å². The smallest absolute Gasteiger partial charge is 0.195 e. The Bertz CT molecular complexity index is 294. The summed E-state index contributed by atoms with van der Waals surface area (Å²) in [5.74, 6) is 0.507. The third-order valence-corrected chi connectivity index (χ3v) is 5.74. The van der Waals surface area contributed by atoms with E-state index in [1.807, 2.05) is 0 Å². The predicted molar refractivity (Wildman–Crippen MR) is 58.6 cm³/mol. The Morgan fingerprint density at radius 1 is 1.14 bits per heavy atom. The number of hydrogen-bond acceptors (Lipinski definition) is 2. The monoisotopic (exact) mass is 282 g/mol. The van der Waals surface area contributed by atoms with Crippen LogP contribution in [0.4, 0.5) is 0 Å². The molecule has 0 aliphatic carbocycles. The van der Waals surface area contributed by atoms with Gasteiger partial charge in [-0.15, -0.1) is 0 Å². The number of nitrogens with zero attached hydrogens (tertiary/aromatic N) is 2. The van der Waals surface area contributed by atoms with E-state index in [1.54, 1.807) is 8.61 Å². The minimum atomic E-state index is -3.10. The summed E-state index contributed by atoms with van der Waals surface area (Å²) in [7, 11) is -3.10. The van der Waals surface area contributed by atoms with Crippen molar-refractivity contribution in [2.75, 3.05) is 31.5 Å². The second kappa shape index (κ2) is 4.08. The molecule has 2 heterocycles. The Kier molecular flexibility index (Phi) is 3.16. The lowest BCUT2D eigenvalue weighted by Gasteiger charge is -2.39. The number of alkyl halides is 1. The minimum Gasteiger partial charge on any atom is -0.195 e. The van der Waals surface area contributed by atoms with Crippen LogP contribution in [0.3, 0.4) is 0 Å². The molecule has 2 aliphatic heterocycles. The summed E-state index contributed by atoms with van der Waals surface area (Å²) >= 11 is 3.37. The normalized spacial score (nSPS) is 26.6. The van der Waals surface area contributed by atoms with Crippen LogP contribution in [0.2, 0.25) is 0 Å². The highest BCUT2D eigenvalue weighted by Crippen LogP contribution is 2.25. The van der Waals surface area contributed by atoms with E-state index < -0.39 is 10.2 Å². The van der Waals surface area contributed by atoms with Gasteiger partial charge in [-0.2, -0.15) is 17.0 Å². The first-order valence-electron chi connectivity index (χ1n) is 4.96. The van der Waals surface area contributed by atoms with Crippen LogP contribution in [-0.4, -0.2) is 48.5 Å². The van der Waals surface area contributed by atoms with E-state index in [1.165, 1.54) is 0 Å². The molecule has 2 fully saturated rings. The predicted octanol–water partition coefficient (Wildman–Crippen LogP) is 0.654. The molecule has 6 heteroatoms. The summed E-state index contributed by atoms with van der Waals surface area (Å²) < 4.78 is 27.0.